The molecular weight excluding hydrogens is 368 g/mol. The van der Waals surface area contributed by atoms with Crippen LogP contribution in [0.4, 0.5) is 0 Å². The Kier molecular flexibility index (Phi) is 5.08. The highest BCUT2D eigenvalue weighted by atomic mass is 16.5. The van der Waals surface area contributed by atoms with Crippen LogP contribution in [0, 0.1) is 11.3 Å². The number of carbonyl (C=O) groups excluding carboxylic acids is 1. The Balaban J connectivity index is 1.38. The van der Waals surface area contributed by atoms with E-state index in [2.05, 4.69) is 20.1 Å². The molecule has 154 valence electrons. The Morgan fingerprint density at radius 3 is 2.66 bits per heavy atom. The average Bonchev–Trinajstić information content (AvgIpc) is 3.50. The van der Waals surface area contributed by atoms with E-state index < -0.39 is 0 Å². The van der Waals surface area contributed by atoms with Gasteiger partial charge in [-0.1, -0.05) is 12.8 Å². The van der Waals surface area contributed by atoms with Crippen molar-refractivity contribution < 1.29 is 13.9 Å². The van der Waals surface area contributed by atoms with Crippen molar-refractivity contribution in [3.63, 3.8) is 0 Å². The molecule has 0 aromatic carbocycles. The Hall–Kier alpha value is -2.28. The number of ether oxygens (including phenoxy) is 1. The highest BCUT2D eigenvalue weighted by molar-refractivity contribution is 5.77. The van der Waals surface area contributed by atoms with Gasteiger partial charge in [-0.15, -0.1) is 10.2 Å². The first-order chi connectivity index (χ1) is 14.2. The van der Waals surface area contributed by atoms with Crippen LogP contribution in [0.1, 0.15) is 56.8 Å². The maximum absolute atomic E-state index is 13.1. The molecule has 0 N–H and O–H groups in total. The molecule has 0 bridgehead atoms. The van der Waals surface area contributed by atoms with E-state index in [-0.39, 0.29) is 11.3 Å². The molecule has 1 saturated carbocycles. The van der Waals surface area contributed by atoms with Crippen molar-refractivity contribution >= 4 is 5.91 Å². The van der Waals surface area contributed by atoms with Crippen molar-refractivity contribution in [2.24, 2.45) is 11.3 Å². The highest BCUT2D eigenvalue weighted by Gasteiger charge is 2.51. The van der Waals surface area contributed by atoms with Crippen molar-refractivity contribution in [1.82, 2.24) is 20.1 Å². The molecule has 1 atom stereocenters. The van der Waals surface area contributed by atoms with Crippen LogP contribution in [0.25, 0.3) is 11.5 Å². The molecule has 2 aliphatic heterocycles. The predicted octanol–water partition coefficient (Wildman–Crippen LogP) is 3.43. The zero-order valence-electron chi connectivity index (χ0n) is 16.8. The largest absolute Gasteiger partial charge is 0.420 e. The van der Waals surface area contributed by atoms with E-state index in [1.807, 2.05) is 12.1 Å². The van der Waals surface area contributed by atoms with Gasteiger partial charge in [-0.2, -0.15) is 0 Å². The fourth-order valence-electron chi connectivity index (χ4n) is 5.36. The van der Waals surface area contributed by atoms with Crippen LogP contribution in [-0.2, 0) is 9.53 Å². The smallest absolute Gasteiger partial charge is 0.247 e. The molecule has 2 saturated heterocycles. The molecule has 7 nitrogen and oxygen atoms in total. The number of aromatic nitrogens is 3. The lowest BCUT2D eigenvalue weighted by atomic mass is 9.72. The highest BCUT2D eigenvalue weighted by Crippen LogP contribution is 2.49. The molecule has 29 heavy (non-hydrogen) atoms. The standard InChI is InChI=1S/C22H28N4O3/c27-19(13-16-3-1-2-4-16)26-14-18(22(15-26)7-11-28-12-8-22)21-25-24-20(29-21)17-5-9-23-10-6-17/h5-6,9-10,16,18H,1-4,7-8,11-15H2. The summed E-state index contributed by atoms with van der Waals surface area (Å²) in [6, 6.07) is 3.74. The van der Waals surface area contributed by atoms with E-state index >= 15 is 0 Å². The number of hydrogen-bond donors (Lipinski definition) is 0. The summed E-state index contributed by atoms with van der Waals surface area (Å²) in [5.41, 5.74) is 0.845. The lowest BCUT2D eigenvalue weighted by Gasteiger charge is -2.36. The molecule has 0 radical (unpaired) electrons. The van der Waals surface area contributed by atoms with Crippen molar-refractivity contribution in [2.45, 2.75) is 50.9 Å². The minimum Gasteiger partial charge on any atom is -0.420 e. The molecule has 1 spiro atoms. The number of pyridine rings is 1. The van der Waals surface area contributed by atoms with Gasteiger partial charge < -0.3 is 14.1 Å². The van der Waals surface area contributed by atoms with Crippen molar-refractivity contribution in [3.05, 3.63) is 30.4 Å². The van der Waals surface area contributed by atoms with Crippen molar-refractivity contribution in [3.8, 4) is 11.5 Å². The molecule has 5 rings (SSSR count). The summed E-state index contributed by atoms with van der Waals surface area (Å²) < 4.78 is 11.8. The molecule has 4 heterocycles. The minimum atomic E-state index is -0.0222. The fourth-order valence-corrected chi connectivity index (χ4v) is 5.36. The molecule has 1 aliphatic carbocycles. The maximum Gasteiger partial charge on any atom is 0.247 e. The number of hydrogen-bond acceptors (Lipinski definition) is 6. The van der Waals surface area contributed by atoms with Gasteiger partial charge in [0.2, 0.25) is 17.7 Å². The molecule has 2 aromatic rings. The average molecular weight is 396 g/mol. The summed E-state index contributed by atoms with van der Waals surface area (Å²) in [6.45, 7) is 2.90. The van der Waals surface area contributed by atoms with Gasteiger partial charge in [0.05, 0.1) is 5.92 Å². The molecule has 3 aliphatic rings. The maximum atomic E-state index is 13.1. The number of amides is 1. The predicted molar refractivity (Wildman–Crippen MR) is 106 cm³/mol. The summed E-state index contributed by atoms with van der Waals surface area (Å²) in [7, 11) is 0. The molecule has 1 amide bonds. The van der Waals surface area contributed by atoms with Gasteiger partial charge in [0, 0.05) is 56.1 Å². The van der Waals surface area contributed by atoms with Gasteiger partial charge in [-0.05, 0) is 43.7 Å². The van der Waals surface area contributed by atoms with E-state index in [1.54, 1.807) is 12.4 Å². The van der Waals surface area contributed by atoms with E-state index in [4.69, 9.17) is 9.15 Å². The second-order valence-electron chi connectivity index (χ2n) is 8.84. The zero-order valence-corrected chi connectivity index (χ0v) is 16.8. The van der Waals surface area contributed by atoms with Crippen molar-refractivity contribution in [1.29, 1.82) is 0 Å². The van der Waals surface area contributed by atoms with E-state index in [0.29, 0.717) is 36.6 Å². The second kappa shape index (κ2) is 7.86. The van der Waals surface area contributed by atoms with Crippen LogP contribution in [-0.4, -0.2) is 52.3 Å². The minimum absolute atomic E-state index is 0.0222. The van der Waals surface area contributed by atoms with Crippen LogP contribution in [0.15, 0.2) is 28.9 Å². The van der Waals surface area contributed by atoms with Gasteiger partial charge in [0.25, 0.3) is 0 Å². The van der Waals surface area contributed by atoms with Crippen LogP contribution in [0.2, 0.25) is 0 Å². The van der Waals surface area contributed by atoms with E-state index in [0.717, 1.165) is 38.2 Å². The zero-order chi connectivity index (χ0) is 19.7. The van der Waals surface area contributed by atoms with Gasteiger partial charge in [-0.25, -0.2) is 0 Å². The first-order valence-corrected chi connectivity index (χ1v) is 10.8. The van der Waals surface area contributed by atoms with Gasteiger partial charge in [0.15, 0.2) is 0 Å². The third-order valence-electron chi connectivity index (χ3n) is 7.09. The first kappa shape index (κ1) is 18.7. The normalized spacial score (nSPS) is 24.4. The van der Waals surface area contributed by atoms with E-state index in [9.17, 15) is 4.79 Å². The molecule has 3 fully saturated rings. The van der Waals surface area contributed by atoms with Gasteiger partial charge in [0.1, 0.15) is 0 Å². The third-order valence-corrected chi connectivity index (χ3v) is 7.09. The summed E-state index contributed by atoms with van der Waals surface area (Å²) in [5.74, 6) is 2.09. The second-order valence-corrected chi connectivity index (χ2v) is 8.84. The Morgan fingerprint density at radius 2 is 1.90 bits per heavy atom. The SMILES string of the molecule is O=C(CC1CCCC1)N1CC(c2nnc(-c3ccncc3)o2)C2(CCOCC2)C1. The fraction of sp³-hybridized carbons (Fsp3) is 0.636. The topological polar surface area (TPSA) is 81.4 Å². The summed E-state index contributed by atoms with van der Waals surface area (Å²) in [5, 5.41) is 8.69. The number of rotatable bonds is 4. The lowest BCUT2D eigenvalue weighted by molar-refractivity contribution is -0.131. The summed E-state index contributed by atoms with van der Waals surface area (Å²) >= 11 is 0. The van der Waals surface area contributed by atoms with Gasteiger partial charge >= 0.3 is 0 Å². The van der Waals surface area contributed by atoms with Crippen molar-refractivity contribution in [2.75, 3.05) is 26.3 Å². The first-order valence-electron chi connectivity index (χ1n) is 10.8. The number of nitrogens with zero attached hydrogens (tertiary/aromatic N) is 4. The monoisotopic (exact) mass is 396 g/mol. The third kappa shape index (κ3) is 3.68. The molecule has 2 aromatic heterocycles. The molecule has 7 heteroatoms. The number of carbonyl (C=O) groups is 1. The Morgan fingerprint density at radius 1 is 1.14 bits per heavy atom. The van der Waals surface area contributed by atoms with Crippen LogP contribution in [0.3, 0.4) is 0 Å². The van der Waals surface area contributed by atoms with E-state index in [1.165, 1.54) is 25.7 Å². The molecule has 1 unspecified atom stereocenters. The quantitative estimate of drug-likeness (QED) is 0.787. The van der Waals surface area contributed by atoms with Crippen LogP contribution >= 0.6 is 0 Å². The van der Waals surface area contributed by atoms with Gasteiger partial charge in [-0.3, -0.25) is 9.78 Å². The summed E-state index contributed by atoms with van der Waals surface area (Å²) in [4.78, 5) is 19.2. The molecular formula is C22H28N4O3. The van der Waals surface area contributed by atoms with Crippen LogP contribution in [0.5, 0.6) is 0 Å². The van der Waals surface area contributed by atoms with Crippen LogP contribution < -0.4 is 0 Å². The summed E-state index contributed by atoms with van der Waals surface area (Å²) in [6.07, 6.45) is 10.9. The number of likely N-dealkylation sites (tertiary alicyclic amines) is 1. The Bertz CT molecular complexity index is 841. The Labute approximate surface area is 170 Å². The lowest BCUT2D eigenvalue weighted by Crippen LogP contribution is -2.37.